The van der Waals surface area contributed by atoms with Gasteiger partial charge in [-0.2, -0.15) is 0 Å². The SMILES string of the molecule is COc1ccc(Cl)cc1-n1nnc(Nc2ccc(C(C)(C)C)cc2)c1C. The van der Waals surface area contributed by atoms with Gasteiger partial charge in [-0.25, -0.2) is 4.68 Å². The van der Waals surface area contributed by atoms with Crippen LogP contribution in [-0.2, 0) is 5.41 Å². The molecule has 2 aromatic carbocycles. The Bertz CT molecular complexity index is 911. The van der Waals surface area contributed by atoms with Crippen LogP contribution in [0.15, 0.2) is 42.5 Å². The molecule has 1 heterocycles. The number of aromatic nitrogens is 3. The Morgan fingerprint density at radius 3 is 2.38 bits per heavy atom. The summed E-state index contributed by atoms with van der Waals surface area (Å²) in [6, 6.07) is 13.8. The normalized spacial score (nSPS) is 11.5. The van der Waals surface area contributed by atoms with Crippen molar-refractivity contribution in [3.8, 4) is 11.4 Å². The zero-order valence-electron chi connectivity index (χ0n) is 15.7. The Balaban J connectivity index is 1.89. The lowest BCUT2D eigenvalue weighted by Gasteiger charge is -2.19. The van der Waals surface area contributed by atoms with Crippen molar-refractivity contribution < 1.29 is 4.74 Å². The number of benzene rings is 2. The first kappa shape index (κ1) is 18.3. The van der Waals surface area contributed by atoms with Gasteiger partial charge in [0.05, 0.1) is 12.8 Å². The molecule has 0 amide bonds. The number of nitrogens with one attached hydrogen (secondary N) is 1. The maximum atomic E-state index is 6.13. The summed E-state index contributed by atoms with van der Waals surface area (Å²) in [5.41, 5.74) is 3.99. The second-order valence-corrected chi connectivity index (χ2v) is 7.64. The van der Waals surface area contributed by atoms with E-state index in [2.05, 4.69) is 60.7 Å². The maximum absolute atomic E-state index is 6.13. The lowest BCUT2D eigenvalue weighted by Crippen LogP contribution is -2.10. The number of hydrogen-bond donors (Lipinski definition) is 1. The maximum Gasteiger partial charge on any atom is 0.176 e. The summed E-state index contributed by atoms with van der Waals surface area (Å²) < 4.78 is 7.13. The van der Waals surface area contributed by atoms with Crippen molar-refractivity contribution >= 4 is 23.1 Å². The predicted molar refractivity (Wildman–Crippen MR) is 106 cm³/mol. The van der Waals surface area contributed by atoms with Crippen molar-refractivity contribution in [3.05, 3.63) is 58.7 Å². The van der Waals surface area contributed by atoms with Crippen molar-refractivity contribution in [2.45, 2.75) is 33.1 Å². The van der Waals surface area contributed by atoms with E-state index in [-0.39, 0.29) is 5.41 Å². The molecular weight excluding hydrogens is 348 g/mol. The van der Waals surface area contributed by atoms with Crippen LogP contribution in [0.1, 0.15) is 32.0 Å². The Morgan fingerprint density at radius 2 is 1.77 bits per heavy atom. The molecule has 5 nitrogen and oxygen atoms in total. The topological polar surface area (TPSA) is 52.0 Å². The zero-order chi connectivity index (χ0) is 18.9. The molecule has 136 valence electrons. The van der Waals surface area contributed by atoms with Gasteiger partial charge in [0.2, 0.25) is 0 Å². The first-order valence-corrected chi connectivity index (χ1v) is 8.81. The van der Waals surface area contributed by atoms with E-state index in [1.54, 1.807) is 17.9 Å². The van der Waals surface area contributed by atoms with Crippen molar-refractivity contribution in [1.82, 2.24) is 15.0 Å². The second kappa shape index (κ2) is 7.00. The summed E-state index contributed by atoms with van der Waals surface area (Å²) in [5.74, 6) is 1.37. The molecule has 1 aromatic heterocycles. The van der Waals surface area contributed by atoms with Crippen molar-refractivity contribution in [2.24, 2.45) is 0 Å². The third kappa shape index (κ3) is 3.68. The highest BCUT2D eigenvalue weighted by Gasteiger charge is 2.16. The van der Waals surface area contributed by atoms with E-state index in [0.717, 1.165) is 17.1 Å². The van der Waals surface area contributed by atoms with Gasteiger partial charge in [-0.05, 0) is 48.2 Å². The standard InChI is InChI=1S/C20H23ClN4O/c1-13-19(22-16-9-6-14(7-10-16)20(2,3)4)23-24-25(13)17-12-15(21)8-11-18(17)26-5/h6-12,22H,1-5H3. The number of halogens is 1. The number of anilines is 2. The van der Waals surface area contributed by atoms with Crippen molar-refractivity contribution in [1.29, 1.82) is 0 Å². The molecule has 26 heavy (non-hydrogen) atoms. The molecule has 3 rings (SSSR count). The van der Waals surface area contributed by atoms with Gasteiger partial charge in [0.25, 0.3) is 0 Å². The van der Waals surface area contributed by atoms with Crippen molar-refractivity contribution in [3.63, 3.8) is 0 Å². The average Bonchev–Trinajstić information content (AvgIpc) is 2.95. The number of ether oxygens (including phenoxy) is 1. The van der Waals surface area contributed by atoms with E-state index in [4.69, 9.17) is 16.3 Å². The summed E-state index contributed by atoms with van der Waals surface area (Å²) in [6.07, 6.45) is 0. The van der Waals surface area contributed by atoms with Crippen LogP contribution in [0, 0.1) is 6.92 Å². The summed E-state index contributed by atoms with van der Waals surface area (Å²) in [6.45, 7) is 8.54. The summed E-state index contributed by atoms with van der Waals surface area (Å²) in [5, 5.41) is 12.5. The Morgan fingerprint density at radius 1 is 1.08 bits per heavy atom. The smallest absolute Gasteiger partial charge is 0.176 e. The highest BCUT2D eigenvalue weighted by Crippen LogP contribution is 2.29. The fourth-order valence-corrected chi connectivity index (χ4v) is 2.86. The van der Waals surface area contributed by atoms with Gasteiger partial charge in [0.15, 0.2) is 5.82 Å². The zero-order valence-corrected chi connectivity index (χ0v) is 16.4. The monoisotopic (exact) mass is 370 g/mol. The van der Waals surface area contributed by atoms with Crippen LogP contribution < -0.4 is 10.1 Å². The lowest BCUT2D eigenvalue weighted by molar-refractivity contribution is 0.411. The summed E-state index contributed by atoms with van der Waals surface area (Å²) >= 11 is 6.13. The minimum Gasteiger partial charge on any atom is -0.494 e. The van der Waals surface area contributed by atoms with E-state index in [1.165, 1.54) is 5.56 Å². The molecule has 6 heteroatoms. The van der Waals surface area contributed by atoms with Gasteiger partial charge >= 0.3 is 0 Å². The first-order valence-electron chi connectivity index (χ1n) is 8.43. The molecule has 0 aliphatic carbocycles. The van der Waals surface area contributed by atoms with Crippen LogP contribution >= 0.6 is 11.6 Å². The van der Waals surface area contributed by atoms with Gasteiger partial charge in [0.1, 0.15) is 11.4 Å². The minimum absolute atomic E-state index is 0.126. The molecule has 0 spiro atoms. The third-order valence-corrected chi connectivity index (χ3v) is 4.51. The van der Waals surface area contributed by atoms with Crippen LogP contribution in [-0.4, -0.2) is 22.1 Å². The van der Waals surface area contributed by atoms with Gasteiger partial charge in [-0.15, -0.1) is 5.10 Å². The van der Waals surface area contributed by atoms with Crippen LogP contribution in [0.2, 0.25) is 5.02 Å². The highest BCUT2D eigenvalue weighted by atomic mass is 35.5. The van der Waals surface area contributed by atoms with Gasteiger partial charge < -0.3 is 10.1 Å². The molecule has 0 radical (unpaired) electrons. The van der Waals surface area contributed by atoms with Crippen molar-refractivity contribution in [2.75, 3.05) is 12.4 Å². The highest BCUT2D eigenvalue weighted by molar-refractivity contribution is 6.30. The largest absolute Gasteiger partial charge is 0.494 e. The van der Waals surface area contributed by atoms with E-state index in [1.807, 2.05) is 19.1 Å². The summed E-state index contributed by atoms with van der Waals surface area (Å²) in [4.78, 5) is 0. The number of nitrogens with zero attached hydrogens (tertiary/aromatic N) is 3. The third-order valence-electron chi connectivity index (χ3n) is 4.28. The first-order chi connectivity index (χ1) is 12.3. The van der Waals surface area contributed by atoms with E-state index < -0.39 is 0 Å². The quantitative estimate of drug-likeness (QED) is 0.678. The number of rotatable bonds is 4. The van der Waals surface area contributed by atoms with E-state index in [9.17, 15) is 0 Å². The predicted octanol–water partition coefficient (Wildman–Crippen LogP) is 5.28. The molecule has 0 aliphatic heterocycles. The van der Waals surface area contributed by atoms with Crippen LogP contribution in [0.3, 0.4) is 0 Å². The Kier molecular flexibility index (Phi) is 4.92. The molecule has 0 unspecified atom stereocenters. The fraction of sp³-hybridized carbons (Fsp3) is 0.300. The molecule has 0 aliphatic rings. The molecular formula is C20H23ClN4O. The van der Waals surface area contributed by atoms with Gasteiger partial charge in [0, 0.05) is 10.7 Å². The Labute approximate surface area is 158 Å². The van der Waals surface area contributed by atoms with Gasteiger partial charge in [-0.1, -0.05) is 49.7 Å². The Hall–Kier alpha value is -2.53. The lowest BCUT2D eigenvalue weighted by atomic mass is 9.87. The van der Waals surface area contributed by atoms with E-state index >= 15 is 0 Å². The van der Waals surface area contributed by atoms with Crippen LogP contribution in [0.4, 0.5) is 11.5 Å². The molecule has 1 N–H and O–H groups in total. The number of hydrogen-bond acceptors (Lipinski definition) is 4. The molecule has 0 atom stereocenters. The molecule has 0 saturated carbocycles. The fourth-order valence-electron chi connectivity index (χ4n) is 2.69. The second-order valence-electron chi connectivity index (χ2n) is 7.20. The van der Waals surface area contributed by atoms with Gasteiger partial charge in [-0.3, -0.25) is 0 Å². The molecule has 0 bridgehead atoms. The molecule has 3 aromatic rings. The average molecular weight is 371 g/mol. The van der Waals surface area contributed by atoms with E-state index in [0.29, 0.717) is 16.6 Å². The molecule has 0 saturated heterocycles. The summed E-state index contributed by atoms with van der Waals surface area (Å²) in [7, 11) is 1.62. The minimum atomic E-state index is 0.126. The number of methoxy groups -OCH3 is 1. The van der Waals surface area contributed by atoms with Crippen LogP contribution in [0.25, 0.3) is 5.69 Å². The molecule has 0 fully saturated rings. The van der Waals surface area contributed by atoms with Crippen LogP contribution in [0.5, 0.6) is 5.75 Å².